The van der Waals surface area contributed by atoms with Gasteiger partial charge in [-0.25, -0.2) is 0 Å². The van der Waals surface area contributed by atoms with Crippen molar-refractivity contribution in [2.24, 2.45) is 4.99 Å². The zero-order chi connectivity index (χ0) is 19.3. The van der Waals surface area contributed by atoms with Gasteiger partial charge in [0.15, 0.2) is 11.7 Å². The van der Waals surface area contributed by atoms with E-state index in [1.54, 1.807) is 13.1 Å². The second-order valence-electron chi connectivity index (χ2n) is 6.95. The number of aliphatic imine (C=N–C) groups is 1. The van der Waals surface area contributed by atoms with E-state index >= 15 is 0 Å². The van der Waals surface area contributed by atoms with Gasteiger partial charge in [0.1, 0.15) is 0 Å². The fourth-order valence-corrected chi connectivity index (χ4v) is 3.21. The Morgan fingerprint density at radius 1 is 1.14 bits per heavy atom. The van der Waals surface area contributed by atoms with Crippen molar-refractivity contribution >= 4 is 35.8 Å². The molecule has 0 aliphatic heterocycles. The molecule has 1 saturated carbocycles. The molecule has 0 atom stereocenters. The minimum Gasteiger partial charge on any atom is -0.459 e. The van der Waals surface area contributed by atoms with Crippen molar-refractivity contribution < 1.29 is 13.9 Å². The van der Waals surface area contributed by atoms with E-state index < -0.39 is 0 Å². The maximum atomic E-state index is 11.9. The number of furan rings is 1. The highest BCUT2D eigenvalue weighted by Crippen LogP contribution is 2.19. The maximum absolute atomic E-state index is 11.9. The standard InChI is InChI=1S/C20H34N4O3.HI/c1-16-10-14-27-18(16)19(25)22-11-7-12-23-20(21-2)24-13-15-26-17-8-5-3-4-6-9-17;/h10,14,17H,3-9,11-13,15H2,1-2H3,(H,22,25)(H2,21,23,24);1H. The molecule has 0 bridgehead atoms. The first-order valence-corrected chi connectivity index (χ1v) is 10.1. The van der Waals surface area contributed by atoms with Gasteiger partial charge in [-0.1, -0.05) is 25.7 Å². The first-order valence-electron chi connectivity index (χ1n) is 10.1. The zero-order valence-corrected chi connectivity index (χ0v) is 19.4. The van der Waals surface area contributed by atoms with Crippen LogP contribution in [0.5, 0.6) is 0 Å². The smallest absolute Gasteiger partial charge is 0.287 e. The first kappa shape index (κ1) is 24.7. The van der Waals surface area contributed by atoms with Crippen LogP contribution in [0.2, 0.25) is 0 Å². The molecule has 0 aromatic carbocycles. The van der Waals surface area contributed by atoms with Crippen molar-refractivity contribution in [3.63, 3.8) is 0 Å². The van der Waals surface area contributed by atoms with Gasteiger partial charge in [-0.2, -0.15) is 0 Å². The van der Waals surface area contributed by atoms with Crippen molar-refractivity contribution in [3.05, 3.63) is 23.7 Å². The Morgan fingerprint density at radius 2 is 1.82 bits per heavy atom. The van der Waals surface area contributed by atoms with E-state index in [0.717, 1.165) is 31.0 Å². The summed E-state index contributed by atoms with van der Waals surface area (Å²) >= 11 is 0. The lowest BCUT2D eigenvalue weighted by Crippen LogP contribution is -2.40. The molecule has 3 N–H and O–H groups in total. The number of guanidine groups is 1. The minimum atomic E-state index is -0.171. The van der Waals surface area contributed by atoms with Crippen LogP contribution in [0, 0.1) is 6.92 Å². The topological polar surface area (TPSA) is 87.9 Å². The van der Waals surface area contributed by atoms with E-state index in [9.17, 15) is 4.79 Å². The van der Waals surface area contributed by atoms with Crippen LogP contribution in [0.15, 0.2) is 21.7 Å². The molecule has 7 nitrogen and oxygen atoms in total. The van der Waals surface area contributed by atoms with Gasteiger partial charge in [-0.05, 0) is 32.3 Å². The Kier molecular flexibility index (Phi) is 13.0. The highest BCUT2D eigenvalue weighted by atomic mass is 127. The molecule has 1 aliphatic carbocycles. The van der Waals surface area contributed by atoms with Crippen LogP contribution >= 0.6 is 24.0 Å². The number of nitrogens with zero attached hydrogens (tertiary/aromatic N) is 1. The summed E-state index contributed by atoms with van der Waals surface area (Å²) in [5, 5.41) is 9.37. The average Bonchev–Trinajstić information content (AvgIpc) is 2.94. The molecule has 1 aromatic heterocycles. The minimum absolute atomic E-state index is 0. The second-order valence-corrected chi connectivity index (χ2v) is 6.95. The third kappa shape index (κ3) is 9.27. The van der Waals surface area contributed by atoms with Gasteiger partial charge in [0.2, 0.25) is 0 Å². The van der Waals surface area contributed by atoms with Gasteiger partial charge in [-0.3, -0.25) is 9.79 Å². The molecule has 0 saturated heterocycles. The monoisotopic (exact) mass is 506 g/mol. The summed E-state index contributed by atoms with van der Waals surface area (Å²) in [6.45, 7) is 4.60. The number of rotatable bonds is 9. The summed E-state index contributed by atoms with van der Waals surface area (Å²) in [5.41, 5.74) is 0.848. The molecule has 0 radical (unpaired) electrons. The fourth-order valence-electron chi connectivity index (χ4n) is 3.21. The number of carbonyl (C=O) groups is 1. The Balaban J connectivity index is 0.00000392. The van der Waals surface area contributed by atoms with Gasteiger partial charge in [0.25, 0.3) is 5.91 Å². The Hall–Kier alpha value is -1.29. The van der Waals surface area contributed by atoms with E-state index in [2.05, 4.69) is 20.9 Å². The lowest BCUT2D eigenvalue weighted by atomic mass is 10.1. The van der Waals surface area contributed by atoms with Crippen molar-refractivity contribution in [1.82, 2.24) is 16.0 Å². The largest absolute Gasteiger partial charge is 0.459 e. The van der Waals surface area contributed by atoms with Crippen LogP contribution in [-0.4, -0.2) is 51.3 Å². The predicted octanol–water partition coefficient (Wildman–Crippen LogP) is 3.23. The van der Waals surface area contributed by atoms with Crippen LogP contribution in [0.3, 0.4) is 0 Å². The number of ether oxygens (including phenoxy) is 1. The summed E-state index contributed by atoms with van der Waals surface area (Å²) < 4.78 is 11.1. The molecule has 8 heteroatoms. The fraction of sp³-hybridized carbons (Fsp3) is 0.700. The van der Waals surface area contributed by atoms with Crippen molar-refractivity contribution in [2.45, 2.75) is 58.0 Å². The number of nitrogens with one attached hydrogen (secondary N) is 3. The van der Waals surface area contributed by atoms with Crippen LogP contribution in [0.25, 0.3) is 0 Å². The van der Waals surface area contributed by atoms with Gasteiger partial charge < -0.3 is 25.1 Å². The normalized spacial score (nSPS) is 15.4. The van der Waals surface area contributed by atoms with E-state index in [4.69, 9.17) is 9.15 Å². The molecule has 1 aromatic rings. The van der Waals surface area contributed by atoms with E-state index in [-0.39, 0.29) is 29.9 Å². The maximum Gasteiger partial charge on any atom is 0.287 e. The second kappa shape index (κ2) is 14.7. The SMILES string of the molecule is CN=C(NCCCNC(=O)c1occc1C)NCCOC1CCCCCC1.I. The van der Waals surface area contributed by atoms with Gasteiger partial charge in [-0.15, -0.1) is 24.0 Å². The summed E-state index contributed by atoms with van der Waals surface area (Å²) in [4.78, 5) is 16.1. The van der Waals surface area contributed by atoms with Gasteiger partial charge >= 0.3 is 0 Å². The molecule has 1 aliphatic rings. The Morgan fingerprint density at radius 3 is 2.46 bits per heavy atom. The highest BCUT2D eigenvalue weighted by Gasteiger charge is 2.12. The molecule has 0 spiro atoms. The molecule has 160 valence electrons. The van der Waals surface area contributed by atoms with Crippen molar-refractivity contribution in [2.75, 3.05) is 33.3 Å². The van der Waals surface area contributed by atoms with Crippen LogP contribution in [-0.2, 0) is 4.74 Å². The van der Waals surface area contributed by atoms with Gasteiger partial charge in [0.05, 0.1) is 19.0 Å². The zero-order valence-electron chi connectivity index (χ0n) is 17.1. The van der Waals surface area contributed by atoms with Gasteiger partial charge in [0, 0.05) is 32.2 Å². The molecule has 2 rings (SSSR count). The number of halogens is 1. The number of hydrogen-bond acceptors (Lipinski definition) is 4. The summed E-state index contributed by atoms with van der Waals surface area (Å²) in [6, 6.07) is 1.78. The third-order valence-electron chi connectivity index (χ3n) is 4.77. The van der Waals surface area contributed by atoms with E-state index in [0.29, 0.717) is 25.0 Å². The van der Waals surface area contributed by atoms with E-state index in [1.165, 1.54) is 44.8 Å². The van der Waals surface area contributed by atoms with E-state index in [1.807, 2.05) is 6.92 Å². The molecule has 1 amide bonds. The summed E-state index contributed by atoms with van der Waals surface area (Å²) in [6.07, 6.45) is 10.4. The third-order valence-corrected chi connectivity index (χ3v) is 4.77. The van der Waals surface area contributed by atoms with Crippen molar-refractivity contribution in [3.8, 4) is 0 Å². The molecule has 1 heterocycles. The van der Waals surface area contributed by atoms with Crippen LogP contribution in [0.1, 0.15) is 61.1 Å². The van der Waals surface area contributed by atoms with Crippen LogP contribution in [0.4, 0.5) is 0 Å². The Labute approximate surface area is 185 Å². The molecule has 0 unspecified atom stereocenters. The molecular formula is C20H35IN4O3. The number of carbonyl (C=O) groups excluding carboxylic acids is 1. The molecular weight excluding hydrogens is 471 g/mol. The first-order chi connectivity index (χ1) is 13.2. The number of amides is 1. The summed E-state index contributed by atoms with van der Waals surface area (Å²) in [5.74, 6) is 0.970. The molecule has 1 fully saturated rings. The molecule has 28 heavy (non-hydrogen) atoms. The summed E-state index contributed by atoms with van der Waals surface area (Å²) in [7, 11) is 1.75. The Bertz CT molecular complexity index is 584. The van der Waals surface area contributed by atoms with Crippen LogP contribution < -0.4 is 16.0 Å². The predicted molar refractivity (Wildman–Crippen MR) is 123 cm³/mol. The lowest BCUT2D eigenvalue weighted by molar-refractivity contribution is 0.0468. The number of aryl methyl sites for hydroxylation is 1. The quantitative estimate of drug-likeness (QED) is 0.157. The lowest BCUT2D eigenvalue weighted by Gasteiger charge is -2.16. The van der Waals surface area contributed by atoms with Crippen molar-refractivity contribution in [1.29, 1.82) is 0 Å². The average molecular weight is 506 g/mol. The number of hydrogen-bond donors (Lipinski definition) is 3. The highest BCUT2D eigenvalue weighted by molar-refractivity contribution is 14.0.